The predicted octanol–water partition coefficient (Wildman–Crippen LogP) is 1.96. The maximum atomic E-state index is 9.16. The number of pyridine rings is 1. The largest absolute Gasteiger partial charge is 0.397 e. The number of fused-ring (bicyclic) bond motifs is 1. The first-order valence-electron chi connectivity index (χ1n) is 4.16. The Morgan fingerprint density at radius 2 is 2.21 bits per heavy atom. The average Bonchev–Trinajstić information content (AvgIpc) is 2.17. The van der Waals surface area contributed by atoms with E-state index in [0.717, 1.165) is 10.9 Å². The van der Waals surface area contributed by atoms with Crippen LogP contribution in [0.2, 0.25) is 5.02 Å². The minimum absolute atomic E-state index is 0.106. The van der Waals surface area contributed by atoms with E-state index in [9.17, 15) is 0 Å². The first-order valence-corrected chi connectivity index (χ1v) is 4.53. The first-order chi connectivity index (χ1) is 6.72. The number of rotatable bonds is 1. The van der Waals surface area contributed by atoms with Crippen LogP contribution < -0.4 is 5.73 Å². The molecule has 72 valence electrons. The molecular weight excluding hydrogens is 200 g/mol. The van der Waals surface area contributed by atoms with Crippen molar-refractivity contribution >= 4 is 28.2 Å². The lowest BCUT2D eigenvalue weighted by molar-refractivity contribution is 0.284. The Morgan fingerprint density at radius 3 is 2.93 bits per heavy atom. The second kappa shape index (κ2) is 3.44. The lowest BCUT2D eigenvalue weighted by atomic mass is 10.1. The van der Waals surface area contributed by atoms with Crippen molar-refractivity contribution in [2.75, 3.05) is 5.73 Å². The van der Waals surface area contributed by atoms with Gasteiger partial charge in [0, 0.05) is 16.0 Å². The third kappa shape index (κ3) is 1.41. The molecule has 1 aromatic carbocycles. The lowest BCUT2D eigenvalue weighted by Gasteiger charge is -2.06. The molecule has 0 bridgehead atoms. The molecular formula is C10H9ClN2O. The van der Waals surface area contributed by atoms with Crippen LogP contribution in [0, 0.1) is 0 Å². The molecule has 0 atom stereocenters. The van der Waals surface area contributed by atoms with E-state index in [1.807, 2.05) is 0 Å². The fraction of sp³-hybridized carbons (Fsp3) is 0.100. The lowest BCUT2D eigenvalue weighted by Crippen LogP contribution is -1.97. The summed E-state index contributed by atoms with van der Waals surface area (Å²) in [6.45, 7) is -0.106. The van der Waals surface area contributed by atoms with E-state index in [1.54, 1.807) is 24.4 Å². The Bertz CT molecular complexity index is 480. The number of aromatic nitrogens is 1. The molecule has 0 saturated heterocycles. The Kier molecular flexibility index (Phi) is 2.27. The molecule has 1 aromatic heterocycles. The van der Waals surface area contributed by atoms with E-state index < -0.39 is 0 Å². The zero-order chi connectivity index (χ0) is 10.1. The molecule has 4 heteroatoms. The summed E-state index contributed by atoms with van der Waals surface area (Å²) in [4.78, 5) is 4.14. The van der Waals surface area contributed by atoms with Crippen LogP contribution in [-0.2, 0) is 6.61 Å². The Hall–Kier alpha value is -1.32. The smallest absolute Gasteiger partial charge is 0.0709 e. The maximum Gasteiger partial charge on any atom is 0.0709 e. The fourth-order valence-corrected chi connectivity index (χ4v) is 1.58. The average molecular weight is 209 g/mol. The quantitative estimate of drug-likeness (QED) is 0.753. The van der Waals surface area contributed by atoms with Crippen LogP contribution in [-0.4, -0.2) is 10.1 Å². The summed E-state index contributed by atoms with van der Waals surface area (Å²) in [6, 6.07) is 5.32. The van der Waals surface area contributed by atoms with Crippen LogP contribution in [0.4, 0.5) is 5.69 Å². The summed E-state index contributed by atoms with van der Waals surface area (Å²) in [5, 5.41) is 10.6. The summed E-state index contributed by atoms with van der Waals surface area (Å²) < 4.78 is 0. The molecule has 0 saturated carbocycles. The second-order valence-electron chi connectivity index (χ2n) is 3.01. The highest BCUT2D eigenvalue weighted by Gasteiger charge is 2.05. The molecule has 0 amide bonds. The van der Waals surface area contributed by atoms with Crippen molar-refractivity contribution in [2.24, 2.45) is 0 Å². The van der Waals surface area contributed by atoms with Crippen LogP contribution in [0.25, 0.3) is 10.9 Å². The minimum Gasteiger partial charge on any atom is -0.397 e. The summed E-state index contributed by atoms with van der Waals surface area (Å²) in [5.41, 5.74) is 7.63. The Morgan fingerprint density at radius 1 is 1.43 bits per heavy atom. The number of anilines is 1. The topological polar surface area (TPSA) is 59.1 Å². The van der Waals surface area contributed by atoms with Gasteiger partial charge >= 0.3 is 0 Å². The normalized spacial score (nSPS) is 10.7. The zero-order valence-corrected chi connectivity index (χ0v) is 8.12. The van der Waals surface area contributed by atoms with Crippen LogP contribution in [0.5, 0.6) is 0 Å². The number of nitrogen functional groups attached to an aromatic ring is 1. The molecule has 2 rings (SSSR count). The van der Waals surface area contributed by atoms with Crippen molar-refractivity contribution in [1.29, 1.82) is 0 Å². The van der Waals surface area contributed by atoms with Gasteiger partial charge in [-0.2, -0.15) is 0 Å². The number of nitrogens with zero attached hydrogens (tertiary/aromatic N) is 1. The number of benzene rings is 1. The number of nitrogens with two attached hydrogens (primary N) is 1. The Labute approximate surface area is 86.1 Å². The molecule has 0 aliphatic rings. The number of aliphatic hydroxyl groups excluding tert-OH is 1. The molecule has 3 nitrogen and oxygen atoms in total. The van der Waals surface area contributed by atoms with E-state index >= 15 is 0 Å². The zero-order valence-electron chi connectivity index (χ0n) is 7.37. The van der Waals surface area contributed by atoms with Crippen LogP contribution in [0.1, 0.15) is 5.56 Å². The number of hydrogen-bond donors (Lipinski definition) is 2. The molecule has 0 unspecified atom stereocenters. The van der Waals surface area contributed by atoms with Crippen LogP contribution in [0.3, 0.4) is 0 Å². The predicted molar refractivity (Wildman–Crippen MR) is 57.1 cm³/mol. The molecule has 2 aromatic rings. The number of hydrogen-bond acceptors (Lipinski definition) is 3. The van der Waals surface area contributed by atoms with Gasteiger partial charge in [0.2, 0.25) is 0 Å². The van der Waals surface area contributed by atoms with Crippen molar-refractivity contribution < 1.29 is 5.11 Å². The molecule has 0 fully saturated rings. The summed E-state index contributed by atoms with van der Waals surface area (Å²) >= 11 is 5.85. The van der Waals surface area contributed by atoms with Gasteiger partial charge < -0.3 is 10.8 Å². The van der Waals surface area contributed by atoms with Gasteiger partial charge in [0.1, 0.15) is 0 Å². The molecule has 1 heterocycles. The second-order valence-corrected chi connectivity index (χ2v) is 3.45. The third-order valence-corrected chi connectivity index (χ3v) is 2.37. The van der Waals surface area contributed by atoms with E-state index in [0.29, 0.717) is 16.3 Å². The van der Waals surface area contributed by atoms with Crippen molar-refractivity contribution in [3.05, 3.63) is 35.0 Å². The number of aliphatic hydroxyl groups is 1. The molecule has 3 N–H and O–H groups in total. The van der Waals surface area contributed by atoms with E-state index in [2.05, 4.69) is 4.98 Å². The highest BCUT2D eigenvalue weighted by molar-refractivity contribution is 6.31. The number of halogens is 1. The monoisotopic (exact) mass is 208 g/mol. The van der Waals surface area contributed by atoms with Crippen LogP contribution >= 0.6 is 11.6 Å². The van der Waals surface area contributed by atoms with Gasteiger partial charge in [0.25, 0.3) is 0 Å². The third-order valence-electron chi connectivity index (χ3n) is 2.13. The molecule has 0 radical (unpaired) electrons. The first kappa shape index (κ1) is 9.24. The van der Waals surface area contributed by atoms with E-state index in [4.69, 9.17) is 22.4 Å². The van der Waals surface area contributed by atoms with Gasteiger partial charge in [-0.25, -0.2) is 0 Å². The van der Waals surface area contributed by atoms with Crippen molar-refractivity contribution in [2.45, 2.75) is 6.61 Å². The van der Waals surface area contributed by atoms with E-state index in [-0.39, 0.29) is 6.61 Å². The minimum atomic E-state index is -0.106. The summed E-state index contributed by atoms with van der Waals surface area (Å²) in [6.07, 6.45) is 1.54. The van der Waals surface area contributed by atoms with Crippen molar-refractivity contribution in [1.82, 2.24) is 4.98 Å². The maximum absolute atomic E-state index is 9.16. The standard InChI is InChI=1S/C10H9ClN2O/c11-6-1-2-10-7(3-6)8(5-14)9(12)4-13-10/h1-4,14H,5,12H2. The van der Waals surface area contributed by atoms with Crippen molar-refractivity contribution in [3.8, 4) is 0 Å². The molecule has 0 aliphatic carbocycles. The van der Waals surface area contributed by atoms with Gasteiger partial charge in [-0.3, -0.25) is 4.98 Å². The van der Waals surface area contributed by atoms with Gasteiger partial charge in [0.15, 0.2) is 0 Å². The van der Waals surface area contributed by atoms with Gasteiger partial charge in [-0.1, -0.05) is 11.6 Å². The molecule has 14 heavy (non-hydrogen) atoms. The SMILES string of the molecule is Nc1cnc2ccc(Cl)cc2c1CO. The fourth-order valence-electron chi connectivity index (χ4n) is 1.41. The van der Waals surface area contributed by atoms with Gasteiger partial charge in [-0.05, 0) is 18.2 Å². The van der Waals surface area contributed by atoms with Crippen molar-refractivity contribution in [3.63, 3.8) is 0 Å². The van der Waals surface area contributed by atoms with E-state index in [1.165, 1.54) is 0 Å². The van der Waals surface area contributed by atoms with Crippen LogP contribution in [0.15, 0.2) is 24.4 Å². The molecule has 0 aliphatic heterocycles. The Balaban J connectivity index is 2.84. The highest BCUT2D eigenvalue weighted by Crippen LogP contribution is 2.24. The summed E-state index contributed by atoms with van der Waals surface area (Å²) in [5.74, 6) is 0. The van der Waals surface area contributed by atoms with Gasteiger partial charge in [0.05, 0.1) is 24.0 Å². The summed E-state index contributed by atoms with van der Waals surface area (Å²) in [7, 11) is 0. The van der Waals surface area contributed by atoms with Gasteiger partial charge in [-0.15, -0.1) is 0 Å². The highest BCUT2D eigenvalue weighted by atomic mass is 35.5. The molecule has 0 spiro atoms.